The Morgan fingerprint density at radius 2 is 2.06 bits per heavy atom. The number of carbonyl (C=O) groups excluding carboxylic acids is 1. The van der Waals surface area contributed by atoms with Crippen LogP contribution in [0, 0.1) is 0 Å². The Morgan fingerprint density at radius 3 is 2.68 bits per heavy atom. The van der Waals surface area contributed by atoms with Gasteiger partial charge in [-0.05, 0) is 54.4 Å². The third kappa shape index (κ3) is 5.13. The molecule has 6 nitrogen and oxygen atoms in total. The second-order valence-electron chi connectivity index (χ2n) is 7.19. The largest absolute Gasteiger partial charge is 0.433 e. The van der Waals surface area contributed by atoms with E-state index in [2.05, 4.69) is 19.4 Å². The monoisotopic (exact) mass is 448 g/mol. The number of hydrogen-bond donors (Lipinski definition) is 1. The number of anilines is 2. The molecule has 1 amide bonds. The molecule has 1 aliphatic rings. The fraction of sp³-hybridized carbons (Fsp3) is 0.286. The number of carbonyl (C=O) groups is 1. The lowest BCUT2D eigenvalue weighted by atomic mass is 10.1. The number of amides is 1. The van der Waals surface area contributed by atoms with Crippen LogP contribution in [0.1, 0.15) is 23.7 Å². The Morgan fingerprint density at radius 1 is 1.29 bits per heavy atom. The van der Waals surface area contributed by atoms with Gasteiger partial charge in [0.2, 0.25) is 0 Å². The van der Waals surface area contributed by atoms with E-state index in [1.165, 1.54) is 42.0 Å². The van der Waals surface area contributed by atoms with Gasteiger partial charge in [-0.3, -0.25) is 4.79 Å². The lowest BCUT2D eigenvalue weighted by Gasteiger charge is -2.20. The van der Waals surface area contributed by atoms with Crippen LogP contribution < -0.4 is 15.0 Å². The highest BCUT2D eigenvalue weighted by Crippen LogP contribution is 2.34. The Kier molecular flexibility index (Phi) is 5.81. The van der Waals surface area contributed by atoms with Gasteiger partial charge in [0.05, 0.1) is 17.0 Å². The van der Waals surface area contributed by atoms with Crippen molar-refractivity contribution in [3.8, 4) is 16.2 Å². The summed E-state index contributed by atoms with van der Waals surface area (Å²) in [7, 11) is 0. The normalized spacial score (nSPS) is 16.4. The average molecular weight is 448 g/mol. The summed E-state index contributed by atoms with van der Waals surface area (Å²) in [5.74, 6) is 0.188. The van der Waals surface area contributed by atoms with Crippen LogP contribution >= 0.6 is 11.5 Å². The minimum atomic E-state index is -3.29. The molecule has 1 N–H and O–H groups in total. The number of ether oxygens (including phenoxy) is 1. The van der Waals surface area contributed by atoms with Crippen LogP contribution in [-0.4, -0.2) is 40.6 Å². The number of hydrogen-bond acceptors (Lipinski definition) is 6. The maximum absolute atomic E-state index is 13.7. The first-order valence-electron chi connectivity index (χ1n) is 9.57. The van der Waals surface area contributed by atoms with Crippen molar-refractivity contribution in [1.29, 1.82) is 0 Å². The molecule has 31 heavy (non-hydrogen) atoms. The summed E-state index contributed by atoms with van der Waals surface area (Å²) in [5.41, 5.74) is 1.43. The molecule has 0 aliphatic carbocycles. The van der Waals surface area contributed by atoms with Gasteiger partial charge in [-0.1, -0.05) is 0 Å². The van der Waals surface area contributed by atoms with Gasteiger partial charge >= 0.3 is 6.11 Å². The molecule has 0 unspecified atom stereocenters. The Hall–Kier alpha value is -3.14. The zero-order chi connectivity index (χ0) is 22.0. The minimum Gasteiger partial charge on any atom is -0.433 e. The molecular formula is C21H19F3N4O2S. The summed E-state index contributed by atoms with van der Waals surface area (Å²) in [6, 6.07) is 9.15. The van der Waals surface area contributed by atoms with E-state index in [-0.39, 0.29) is 12.3 Å². The van der Waals surface area contributed by atoms with E-state index in [9.17, 15) is 18.0 Å². The quantitative estimate of drug-likeness (QED) is 0.575. The number of halogens is 3. The van der Waals surface area contributed by atoms with Gasteiger partial charge in [0.1, 0.15) is 17.7 Å². The highest BCUT2D eigenvalue weighted by Gasteiger charge is 2.26. The lowest BCUT2D eigenvalue weighted by molar-refractivity contribution is -0.158. The summed E-state index contributed by atoms with van der Waals surface area (Å²) in [4.78, 5) is 19.9. The summed E-state index contributed by atoms with van der Waals surface area (Å²) >= 11 is 1.26. The fourth-order valence-electron chi connectivity index (χ4n) is 3.30. The van der Waals surface area contributed by atoms with E-state index >= 15 is 0 Å². The van der Waals surface area contributed by atoms with Crippen molar-refractivity contribution < 1.29 is 22.7 Å². The molecule has 0 saturated carbocycles. The van der Waals surface area contributed by atoms with Crippen molar-refractivity contribution in [1.82, 2.24) is 9.36 Å². The number of alkyl halides is 3. The molecule has 0 spiro atoms. The second kappa shape index (κ2) is 8.54. The summed E-state index contributed by atoms with van der Waals surface area (Å²) in [5, 5.41) is 2.71. The van der Waals surface area contributed by atoms with E-state index in [1.807, 2.05) is 11.0 Å². The van der Waals surface area contributed by atoms with Crippen LogP contribution in [-0.2, 0) is 0 Å². The SMILES string of the molecule is CC(F)(F)Oc1ccc(NC(=O)c2cnc(N3CC[C@@H](F)C3)c(-c3ccns3)c2)cc1. The van der Waals surface area contributed by atoms with Crippen molar-refractivity contribution in [3.05, 3.63) is 54.4 Å². The molecule has 1 aliphatic heterocycles. The van der Waals surface area contributed by atoms with Crippen molar-refractivity contribution >= 4 is 28.9 Å². The minimum absolute atomic E-state index is 0.0132. The Bertz CT molecular complexity index is 1060. The molecule has 1 fully saturated rings. The molecule has 162 valence electrons. The number of rotatable bonds is 6. The molecule has 1 saturated heterocycles. The topological polar surface area (TPSA) is 67.3 Å². The Balaban J connectivity index is 1.55. The number of nitrogens with one attached hydrogen (secondary N) is 1. The third-order valence-electron chi connectivity index (χ3n) is 4.67. The average Bonchev–Trinajstić information content (AvgIpc) is 3.40. The molecule has 0 radical (unpaired) electrons. The first-order valence-corrected chi connectivity index (χ1v) is 10.3. The molecular weight excluding hydrogens is 429 g/mol. The van der Waals surface area contributed by atoms with Crippen LogP contribution in [0.3, 0.4) is 0 Å². The van der Waals surface area contributed by atoms with Gasteiger partial charge in [-0.2, -0.15) is 8.78 Å². The summed E-state index contributed by atoms with van der Waals surface area (Å²) in [6.45, 7) is 1.46. The maximum Gasteiger partial charge on any atom is 0.394 e. The first-order chi connectivity index (χ1) is 14.8. The smallest absolute Gasteiger partial charge is 0.394 e. The van der Waals surface area contributed by atoms with Gasteiger partial charge in [-0.15, -0.1) is 0 Å². The van der Waals surface area contributed by atoms with E-state index in [0.717, 1.165) is 4.88 Å². The van der Waals surface area contributed by atoms with E-state index in [4.69, 9.17) is 0 Å². The van der Waals surface area contributed by atoms with Crippen molar-refractivity contribution in [2.75, 3.05) is 23.3 Å². The molecule has 3 aromatic rings. The molecule has 1 aromatic carbocycles. The van der Waals surface area contributed by atoms with Crippen molar-refractivity contribution in [3.63, 3.8) is 0 Å². The molecule has 3 heterocycles. The van der Waals surface area contributed by atoms with Crippen LogP contribution in [0.15, 0.2) is 48.8 Å². The highest BCUT2D eigenvalue weighted by atomic mass is 32.1. The van der Waals surface area contributed by atoms with Gasteiger partial charge in [-0.25, -0.2) is 13.7 Å². The predicted octanol–water partition coefficient (Wildman–Crippen LogP) is 5.00. The van der Waals surface area contributed by atoms with Gasteiger partial charge in [0.25, 0.3) is 5.91 Å². The van der Waals surface area contributed by atoms with Crippen LogP contribution in [0.2, 0.25) is 0 Å². The third-order valence-corrected chi connectivity index (χ3v) is 5.45. The van der Waals surface area contributed by atoms with Gasteiger partial charge < -0.3 is 15.0 Å². The zero-order valence-electron chi connectivity index (χ0n) is 16.5. The van der Waals surface area contributed by atoms with Crippen molar-refractivity contribution in [2.45, 2.75) is 25.6 Å². The molecule has 1 atom stereocenters. The molecule has 0 bridgehead atoms. The molecule has 2 aromatic heterocycles. The van der Waals surface area contributed by atoms with Crippen LogP contribution in [0.25, 0.3) is 10.4 Å². The van der Waals surface area contributed by atoms with Gasteiger partial charge in [0.15, 0.2) is 0 Å². The van der Waals surface area contributed by atoms with Gasteiger partial charge in [0, 0.05) is 37.1 Å². The Labute approximate surface area is 180 Å². The number of aromatic nitrogens is 2. The van der Waals surface area contributed by atoms with Crippen LogP contribution in [0.5, 0.6) is 5.75 Å². The zero-order valence-corrected chi connectivity index (χ0v) is 17.3. The molecule has 4 rings (SSSR count). The highest BCUT2D eigenvalue weighted by molar-refractivity contribution is 7.09. The second-order valence-corrected chi connectivity index (χ2v) is 8.03. The van der Waals surface area contributed by atoms with E-state index < -0.39 is 18.2 Å². The number of pyridine rings is 1. The summed E-state index contributed by atoms with van der Waals surface area (Å²) < 4.78 is 48.2. The maximum atomic E-state index is 13.7. The molecule has 10 heteroatoms. The number of benzene rings is 1. The fourth-order valence-corrected chi connectivity index (χ4v) is 3.90. The van der Waals surface area contributed by atoms with E-state index in [1.54, 1.807) is 12.3 Å². The lowest BCUT2D eigenvalue weighted by Crippen LogP contribution is -2.22. The predicted molar refractivity (Wildman–Crippen MR) is 113 cm³/mol. The number of nitrogens with zero attached hydrogens (tertiary/aromatic N) is 3. The van der Waals surface area contributed by atoms with Crippen LogP contribution in [0.4, 0.5) is 24.7 Å². The van der Waals surface area contributed by atoms with E-state index in [0.29, 0.717) is 42.5 Å². The summed E-state index contributed by atoms with van der Waals surface area (Å²) in [6.07, 6.45) is -0.658. The van der Waals surface area contributed by atoms with Crippen molar-refractivity contribution in [2.24, 2.45) is 0 Å². The first kappa shape index (κ1) is 21.1. The standard InChI is InChI=1S/C21H19F3N4O2S/c1-21(23,24)30-16-4-2-15(3-5-16)27-20(29)13-10-17(18-6-8-26-31-18)19(25-11-13)28-9-7-14(22)12-28/h2-6,8,10-11,14H,7,9,12H2,1H3,(H,27,29)/t14-/m1/s1.